The predicted molar refractivity (Wildman–Crippen MR) is 108 cm³/mol. The van der Waals surface area contributed by atoms with Crippen molar-refractivity contribution in [1.82, 2.24) is 10.6 Å². The first-order valence-corrected chi connectivity index (χ1v) is 11.1. The Hall–Kier alpha value is -2.55. The van der Waals surface area contributed by atoms with Gasteiger partial charge in [0.2, 0.25) is 0 Å². The summed E-state index contributed by atoms with van der Waals surface area (Å²) < 4.78 is 63.5. The van der Waals surface area contributed by atoms with Crippen LogP contribution in [0, 0.1) is 17.5 Å². The number of nitrogens with zero attached hydrogens (tertiary/aromatic N) is 1. The van der Waals surface area contributed by atoms with Crippen molar-refractivity contribution in [2.75, 3.05) is 19.3 Å². The van der Waals surface area contributed by atoms with E-state index in [1.165, 1.54) is 30.3 Å². The molecule has 0 aliphatic heterocycles. The van der Waals surface area contributed by atoms with Crippen LogP contribution in [0.3, 0.4) is 0 Å². The van der Waals surface area contributed by atoms with Gasteiger partial charge in [-0.15, -0.1) is 0 Å². The fourth-order valence-corrected chi connectivity index (χ4v) is 3.56. The third-order valence-corrected chi connectivity index (χ3v) is 4.88. The van der Waals surface area contributed by atoms with Crippen molar-refractivity contribution in [1.29, 1.82) is 0 Å². The number of guanidine groups is 1. The Balaban J connectivity index is 2.07. The first kappa shape index (κ1) is 22.7. The van der Waals surface area contributed by atoms with Crippen molar-refractivity contribution in [2.45, 2.75) is 25.6 Å². The molecule has 158 valence electrons. The average Bonchev–Trinajstić information content (AvgIpc) is 2.62. The molecule has 0 aromatic heterocycles. The van der Waals surface area contributed by atoms with Crippen molar-refractivity contribution in [3.05, 3.63) is 70.5 Å². The molecule has 0 fully saturated rings. The van der Waals surface area contributed by atoms with Gasteiger partial charge < -0.3 is 10.6 Å². The summed E-state index contributed by atoms with van der Waals surface area (Å²) in [5.74, 6) is -1.50. The summed E-state index contributed by atoms with van der Waals surface area (Å²) in [6, 6.07) is 7.35. The molecule has 2 aromatic rings. The number of hydrogen-bond acceptors (Lipinski definition) is 3. The third-order valence-electron chi connectivity index (χ3n) is 4.04. The van der Waals surface area contributed by atoms with Crippen LogP contribution in [-0.2, 0) is 28.6 Å². The topological polar surface area (TPSA) is 70.6 Å². The highest BCUT2D eigenvalue weighted by atomic mass is 32.2. The van der Waals surface area contributed by atoms with Gasteiger partial charge in [0.15, 0.2) is 15.8 Å². The maximum absolute atomic E-state index is 13.7. The molecular formula is C20H24F3N3O2S. The van der Waals surface area contributed by atoms with E-state index in [1.54, 1.807) is 0 Å². The molecule has 0 atom stereocenters. The minimum absolute atomic E-state index is 0.0723. The van der Waals surface area contributed by atoms with Crippen LogP contribution in [0.4, 0.5) is 13.2 Å². The molecule has 0 aliphatic rings. The number of benzene rings is 2. The van der Waals surface area contributed by atoms with Gasteiger partial charge in [-0.05, 0) is 48.2 Å². The molecule has 0 radical (unpaired) electrons. The zero-order valence-corrected chi connectivity index (χ0v) is 17.1. The molecule has 9 heteroatoms. The summed E-state index contributed by atoms with van der Waals surface area (Å²) in [6.45, 7) is 2.85. The second kappa shape index (κ2) is 10.3. The molecule has 2 rings (SSSR count). The first-order valence-electron chi connectivity index (χ1n) is 9.09. The van der Waals surface area contributed by atoms with E-state index in [2.05, 4.69) is 15.6 Å². The Kier molecular flexibility index (Phi) is 8.07. The van der Waals surface area contributed by atoms with Crippen molar-refractivity contribution in [3.63, 3.8) is 0 Å². The Bertz CT molecular complexity index is 979. The second-order valence-corrected chi connectivity index (χ2v) is 8.73. The van der Waals surface area contributed by atoms with Crippen molar-refractivity contribution in [2.24, 2.45) is 4.99 Å². The molecule has 0 saturated carbocycles. The molecule has 0 heterocycles. The van der Waals surface area contributed by atoms with E-state index in [0.717, 1.165) is 12.3 Å². The minimum atomic E-state index is -3.28. The minimum Gasteiger partial charge on any atom is -0.357 e. The number of hydrogen-bond donors (Lipinski definition) is 2. The molecule has 29 heavy (non-hydrogen) atoms. The van der Waals surface area contributed by atoms with Crippen LogP contribution in [0.25, 0.3) is 0 Å². The van der Waals surface area contributed by atoms with Crippen LogP contribution < -0.4 is 10.6 Å². The van der Waals surface area contributed by atoms with E-state index in [4.69, 9.17) is 0 Å². The largest absolute Gasteiger partial charge is 0.357 e. The Morgan fingerprint density at radius 2 is 1.62 bits per heavy atom. The summed E-state index contributed by atoms with van der Waals surface area (Å²) >= 11 is 0. The predicted octanol–water partition coefficient (Wildman–Crippen LogP) is 2.95. The van der Waals surface area contributed by atoms with Gasteiger partial charge in [-0.3, -0.25) is 0 Å². The number of rotatable bonds is 8. The fraction of sp³-hybridized carbons (Fsp3) is 0.350. The van der Waals surface area contributed by atoms with E-state index in [1.807, 2.05) is 6.92 Å². The lowest BCUT2D eigenvalue weighted by Crippen LogP contribution is -2.38. The molecule has 0 bridgehead atoms. The van der Waals surface area contributed by atoms with Gasteiger partial charge in [0.1, 0.15) is 17.5 Å². The van der Waals surface area contributed by atoms with Crippen LogP contribution >= 0.6 is 0 Å². The van der Waals surface area contributed by atoms with Crippen LogP contribution in [0.5, 0.6) is 0 Å². The first-order chi connectivity index (χ1) is 13.7. The number of halogens is 3. The molecule has 0 unspecified atom stereocenters. The SMILES string of the molecule is CCNC(=NCc1cc(F)ccc1CS(C)(=O)=O)NCCc1ccc(F)cc1F. The van der Waals surface area contributed by atoms with Crippen LogP contribution in [-0.4, -0.2) is 33.7 Å². The van der Waals surface area contributed by atoms with E-state index in [-0.39, 0.29) is 12.3 Å². The van der Waals surface area contributed by atoms with Crippen molar-refractivity contribution >= 4 is 15.8 Å². The van der Waals surface area contributed by atoms with Gasteiger partial charge >= 0.3 is 0 Å². The second-order valence-electron chi connectivity index (χ2n) is 6.59. The van der Waals surface area contributed by atoms with Crippen LogP contribution in [0.2, 0.25) is 0 Å². The number of sulfone groups is 1. The van der Waals surface area contributed by atoms with E-state index >= 15 is 0 Å². The van der Waals surface area contributed by atoms with Crippen LogP contribution in [0.15, 0.2) is 41.4 Å². The third kappa shape index (κ3) is 7.77. The maximum Gasteiger partial charge on any atom is 0.191 e. The highest BCUT2D eigenvalue weighted by molar-refractivity contribution is 7.89. The number of aliphatic imine (C=N–C) groups is 1. The summed E-state index contributed by atoms with van der Waals surface area (Å²) in [6.07, 6.45) is 1.43. The summed E-state index contributed by atoms with van der Waals surface area (Å²) in [5.41, 5.74) is 1.33. The van der Waals surface area contributed by atoms with Gasteiger partial charge in [-0.25, -0.2) is 26.6 Å². The molecule has 0 saturated heterocycles. The molecule has 0 amide bonds. The summed E-state index contributed by atoms with van der Waals surface area (Å²) in [7, 11) is -3.28. The molecule has 2 aromatic carbocycles. The van der Waals surface area contributed by atoms with Crippen molar-refractivity contribution in [3.8, 4) is 0 Å². The van der Waals surface area contributed by atoms with E-state index in [9.17, 15) is 21.6 Å². The molecular weight excluding hydrogens is 403 g/mol. The number of nitrogens with one attached hydrogen (secondary N) is 2. The van der Waals surface area contributed by atoms with Crippen LogP contribution in [0.1, 0.15) is 23.6 Å². The summed E-state index contributed by atoms with van der Waals surface area (Å²) in [4.78, 5) is 4.36. The molecule has 2 N–H and O–H groups in total. The monoisotopic (exact) mass is 427 g/mol. The van der Waals surface area contributed by atoms with Gasteiger partial charge in [0.25, 0.3) is 0 Å². The normalized spacial score (nSPS) is 12.1. The maximum atomic E-state index is 13.7. The smallest absolute Gasteiger partial charge is 0.191 e. The molecule has 5 nitrogen and oxygen atoms in total. The highest BCUT2D eigenvalue weighted by Crippen LogP contribution is 2.15. The van der Waals surface area contributed by atoms with E-state index in [0.29, 0.717) is 42.2 Å². The Morgan fingerprint density at radius 1 is 0.966 bits per heavy atom. The lowest BCUT2D eigenvalue weighted by Gasteiger charge is -2.13. The van der Waals surface area contributed by atoms with Gasteiger partial charge in [0.05, 0.1) is 12.3 Å². The van der Waals surface area contributed by atoms with Gasteiger partial charge in [0, 0.05) is 25.4 Å². The highest BCUT2D eigenvalue weighted by Gasteiger charge is 2.11. The lowest BCUT2D eigenvalue weighted by molar-refractivity contribution is 0.570. The lowest BCUT2D eigenvalue weighted by atomic mass is 10.1. The fourth-order valence-electron chi connectivity index (χ4n) is 2.71. The quantitative estimate of drug-likeness (QED) is 0.502. The Labute approximate surface area is 169 Å². The van der Waals surface area contributed by atoms with Crippen molar-refractivity contribution < 1.29 is 21.6 Å². The zero-order valence-electron chi connectivity index (χ0n) is 16.3. The standard InChI is InChI=1S/C20H24F3N3O2S/c1-3-24-20(25-9-8-14-4-6-18(22)11-19(14)23)26-12-16-10-17(21)7-5-15(16)13-29(2,27)28/h4-7,10-11H,3,8-9,12-13H2,1-2H3,(H2,24,25,26). The average molecular weight is 427 g/mol. The van der Waals surface area contributed by atoms with E-state index < -0.39 is 27.3 Å². The summed E-state index contributed by atoms with van der Waals surface area (Å²) in [5, 5.41) is 6.05. The van der Waals surface area contributed by atoms with Gasteiger partial charge in [-0.2, -0.15) is 0 Å². The molecule has 0 aliphatic carbocycles. The zero-order chi connectivity index (χ0) is 21.4. The van der Waals surface area contributed by atoms with Gasteiger partial charge in [-0.1, -0.05) is 12.1 Å². The molecule has 0 spiro atoms. The Morgan fingerprint density at radius 3 is 2.24 bits per heavy atom.